The van der Waals surface area contributed by atoms with Gasteiger partial charge in [0.25, 0.3) is 13.4 Å². The number of aromatic nitrogens is 2. The minimum absolute atomic E-state index is 0.158. The lowest BCUT2D eigenvalue weighted by Gasteiger charge is -2.34. The first-order valence-electron chi connectivity index (χ1n) is 11.9. The number of para-hydroxylation sites is 2. The first kappa shape index (κ1) is 18.6. The van der Waals surface area contributed by atoms with Crippen molar-refractivity contribution in [3.8, 4) is 46.3 Å². The molecule has 0 aliphatic carbocycles. The van der Waals surface area contributed by atoms with Gasteiger partial charge < -0.3 is 18.9 Å². The second kappa shape index (κ2) is 6.49. The number of ether oxygens (including phenoxy) is 4. The fourth-order valence-electron chi connectivity index (χ4n) is 5.88. The lowest BCUT2D eigenvalue weighted by Crippen LogP contribution is -2.64. The Bertz CT molecular complexity index is 1660. The summed E-state index contributed by atoms with van der Waals surface area (Å²) in [5, 5.41) is 0. The molecule has 4 aromatic carbocycles. The third kappa shape index (κ3) is 2.28. The molecule has 4 aliphatic rings. The largest absolute Gasteiger partial charge is 0.458 e. The van der Waals surface area contributed by atoms with Crippen LogP contribution in [0.4, 0.5) is 0 Å². The van der Waals surface area contributed by atoms with Crippen molar-refractivity contribution in [1.82, 2.24) is 9.97 Å². The van der Waals surface area contributed by atoms with Gasteiger partial charge in [-0.05, 0) is 47.3 Å². The second-order valence-corrected chi connectivity index (χ2v) is 9.29. The molecule has 36 heavy (non-hydrogen) atoms. The summed E-state index contributed by atoms with van der Waals surface area (Å²) in [5.74, 6) is 5.57. The highest BCUT2D eigenvalue weighted by molar-refractivity contribution is 6.99. The Kier molecular flexibility index (Phi) is 3.35. The Morgan fingerprint density at radius 3 is 1.33 bits per heavy atom. The van der Waals surface area contributed by atoms with Gasteiger partial charge in [0.1, 0.15) is 34.5 Å². The van der Waals surface area contributed by atoms with E-state index >= 15 is 0 Å². The van der Waals surface area contributed by atoms with Crippen molar-refractivity contribution in [3.05, 3.63) is 84.9 Å². The van der Waals surface area contributed by atoms with E-state index in [4.69, 9.17) is 28.9 Å². The van der Waals surface area contributed by atoms with Gasteiger partial charge in [0.05, 0.1) is 11.2 Å². The minimum Gasteiger partial charge on any atom is -0.458 e. The molecule has 0 N–H and O–H groups in total. The van der Waals surface area contributed by atoms with E-state index in [9.17, 15) is 0 Å². The van der Waals surface area contributed by atoms with E-state index < -0.39 is 0 Å². The number of hydrogen-bond donors (Lipinski definition) is 0. The summed E-state index contributed by atoms with van der Waals surface area (Å²) in [6, 6.07) is 27.9. The van der Waals surface area contributed by atoms with Crippen LogP contribution in [0.15, 0.2) is 84.9 Å². The lowest BCUT2D eigenvalue weighted by atomic mass is 9.35. The molecule has 5 heterocycles. The Morgan fingerprint density at radius 1 is 0.417 bits per heavy atom. The van der Waals surface area contributed by atoms with Crippen LogP contribution < -0.4 is 52.0 Å². The van der Waals surface area contributed by atoms with Crippen LogP contribution in [0.1, 0.15) is 0 Å². The predicted molar refractivity (Wildman–Crippen MR) is 137 cm³/mol. The number of fused-ring (bicyclic) bond motifs is 8. The quantitative estimate of drug-likeness (QED) is 0.320. The zero-order valence-corrected chi connectivity index (χ0v) is 18.8. The summed E-state index contributed by atoms with van der Waals surface area (Å²) in [5.41, 5.74) is 5.56. The maximum atomic E-state index is 6.31. The molecule has 9 rings (SSSR count). The van der Waals surface area contributed by atoms with Gasteiger partial charge in [-0.3, -0.25) is 4.98 Å². The molecule has 0 amide bonds. The molecule has 0 radical (unpaired) electrons. The van der Waals surface area contributed by atoms with Crippen LogP contribution in [0.2, 0.25) is 0 Å². The first-order chi connectivity index (χ1) is 17.8. The van der Waals surface area contributed by atoms with Gasteiger partial charge in [-0.2, -0.15) is 4.98 Å². The average Bonchev–Trinajstić information content (AvgIpc) is 2.92. The van der Waals surface area contributed by atoms with E-state index in [0.29, 0.717) is 11.8 Å². The molecule has 0 bridgehead atoms. The van der Waals surface area contributed by atoms with Crippen LogP contribution in [0.25, 0.3) is 0 Å². The van der Waals surface area contributed by atoms with Crippen molar-refractivity contribution in [1.29, 1.82) is 0 Å². The standard InChI is InChI=1S/C28H14B2N2O4/c1-3-9-17-15(7-1)29-23-19(33-17)11-5-13-21(23)35-27-25(29)31-26-28(32-27)36-22-14-6-12-20-24(22)30(26)16-8-2-4-10-18(16)34-20/h1-14H. The molecule has 166 valence electrons. The molecule has 0 unspecified atom stereocenters. The van der Waals surface area contributed by atoms with Gasteiger partial charge in [-0.15, -0.1) is 0 Å². The van der Waals surface area contributed by atoms with Crippen LogP contribution >= 0.6 is 0 Å². The molecule has 0 saturated heterocycles. The molecular formula is C28H14B2N2O4. The fraction of sp³-hybridized carbons (Fsp3) is 0. The van der Waals surface area contributed by atoms with Gasteiger partial charge in [0, 0.05) is 10.9 Å². The van der Waals surface area contributed by atoms with Gasteiger partial charge in [0.2, 0.25) is 11.8 Å². The first-order valence-corrected chi connectivity index (χ1v) is 11.9. The summed E-state index contributed by atoms with van der Waals surface area (Å²) in [7, 11) is 0. The van der Waals surface area contributed by atoms with Crippen LogP contribution in [0, 0.1) is 0 Å². The molecule has 4 aliphatic heterocycles. The second-order valence-electron chi connectivity index (χ2n) is 9.29. The molecule has 1 aromatic heterocycles. The van der Waals surface area contributed by atoms with Crippen molar-refractivity contribution in [2.24, 2.45) is 0 Å². The molecule has 0 saturated carbocycles. The molecule has 0 fully saturated rings. The maximum absolute atomic E-state index is 6.31. The van der Waals surface area contributed by atoms with E-state index in [1.165, 1.54) is 0 Å². The topological polar surface area (TPSA) is 62.7 Å². The van der Waals surface area contributed by atoms with Crippen molar-refractivity contribution in [2.75, 3.05) is 0 Å². The highest BCUT2D eigenvalue weighted by atomic mass is 16.5. The van der Waals surface area contributed by atoms with Crippen molar-refractivity contribution >= 4 is 46.5 Å². The van der Waals surface area contributed by atoms with Gasteiger partial charge >= 0.3 is 0 Å². The predicted octanol–water partition coefficient (Wildman–Crippen LogP) is 1.93. The number of hydrogen-bond acceptors (Lipinski definition) is 6. The van der Waals surface area contributed by atoms with Crippen LogP contribution in [0.5, 0.6) is 46.3 Å². The Balaban J connectivity index is 1.33. The highest BCUT2D eigenvalue weighted by Crippen LogP contribution is 2.36. The maximum Gasteiger partial charge on any atom is 0.286 e. The monoisotopic (exact) mass is 464 g/mol. The smallest absolute Gasteiger partial charge is 0.286 e. The molecule has 0 atom stereocenters. The van der Waals surface area contributed by atoms with Crippen molar-refractivity contribution < 1.29 is 18.9 Å². The van der Waals surface area contributed by atoms with Gasteiger partial charge in [-0.25, -0.2) is 0 Å². The molecule has 6 nitrogen and oxygen atoms in total. The highest BCUT2D eigenvalue weighted by Gasteiger charge is 2.46. The summed E-state index contributed by atoms with van der Waals surface area (Å²) in [6.07, 6.45) is 0. The summed E-state index contributed by atoms with van der Waals surface area (Å²) in [6.45, 7) is -0.316. The SMILES string of the molecule is c1ccc2c(c1)Oc1cccc3c1B2c1nc2c(nc1O3)Oc1cccc3c1B2c1ccccc1O3. The van der Waals surface area contributed by atoms with Crippen LogP contribution in [-0.2, 0) is 0 Å². The number of benzene rings is 4. The third-order valence-corrected chi connectivity index (χ3v) is 7.37. The lowest BCUT2D eigenvalue weighted by molar-refractivity contribution is 0.421. The Morgan fingerprint density at radius 2 is 0.833 bits per heavy atom. The van der Waals surface area contributed by atoms with E-state index in [1.807, 2.05) is 72.8 Å². The normalized spacial score (nSPS) is 14.3. The molecule has 0 spiro atoms. The third-order valence-electron chi connectivity index (χ3n) is 7.37. The van der Waals surface area contributed by atoms with E-state index in [2.05, 4.69) is 12.1 Å². The summed E-state index contributed by atoms with van der Waals surface area (Å²) >= 11 is 0. The number of nitrogens with zero attached hydrogens (tertiary/aromatic N) is 2. The average molecular weight is 464 g/mol. The van der Waals surface area contributed by atoms with Crippen molar-refractivity contribution in [3.63, 3.8) is 0 Å². The van der Waals surface area contributed by atoms with Gasteiger partial charge in [0.15, 0.2) is 0 Å². The zero-order valence-electron chi connectivity index (χ0n) is 18.8. The summed E-state index contributed by atoms with van der Waals surface area (Å²) in [4.78, 5) is 10.2. The molecular weight excluding hydrogens is 450 g/mol. The summed E-state index contributed by atoms with van der Waals surface area (Å²) < 4.78 is 25.1. The molecule has 8 heteroatoms. The minimum atomic E-state index is -0.158. The molecule has 5 aromatic rings. The van der Waals surface area contributed by atoms with E-state index in [1.54, 1.807) is 0 Å². The van der Waals surface area contributed by atoms with E-state index in [0.717, 1.165) is 67.5 Å². The zero-order chi connectivity index (χ0) is 23.4. The fourth-order valence-corrected chi connectivity index (χ4v) is 5.88. The Labute approximate surface area is 206 Å². The van der Waals surface area contributed by atoms with Crippen LogP contribution in [0.3, 0.4) is 0 Å². The Hall–Kier alpha value is -4.71. The number of rotatable bonds is 0. The van der Waals surface area contributed by atoms with E-state index in [-0.39, 0.29) is 13.4 Å². The van der Waals surface area contributed by atoms with Crippen molar-refractivity contribution in [2.45, 2.75) is 0 Å². The van der Waals surface area contributed by atoms with Gasteiger partial charge in [-0.1, -0.05) is 48.5 Å². The van der Waals surface area contributed by atoms with Crippen LogP contribution in [-0.4, -0.2) is 23.4 Å².